The Balaban J connectivity index is 1.28. The van der Waals surface area contributed by atoms with Crippen LogP contribution in [0.25, 0.3) is 0 Å². The van der Waals surface area contributed by atoms with Gasteiger partial charge in [-0.05, 0) is 44.0 Å². The molecule has 0 radical (unpaired) electrons. The average Bonchev–Trinajstić information content (AvgIpc) is 2.78. The fourth-order valence-corrected chi connectivity index (χ4v) is 6.51. The van der Waals surface area contributed by atoms with Crippen molar-refractivity contribution < 1.29 is 17.9 Å². The van der Waals surface area contributed by atoms with Gasteiger partial charge in [-0.3, -0.25) is 4.79 Å². The molecule has 1 unspecified atom stereocenters. The Bertz CT molecular complexity index is 1040. The lowest BCUT2D eigenvalue weighted by Gasteiger charge is -2.60. The Morgan fingerprint density at radius 1 is 1.10 bits per heavy atom. The molecule has 2 aliphatic heterocycles. The molecule has 1 aromatic heterocycles. The summed E-state index contributed by atoms with van der Waals surface area (Å²) >= 11 is 0. The van der Waals surface area contributed by atoms with Crippen molar-refractivity contribution in [3.05, 3.63) is 54.2 Å². The molecule has 3 heterocycles. The molecular weight excluding hydrogens is 390 g/mol. The van der Waals surface area contributed by atoms with Crippen molar-refractivity contribution in [2.24, 2.45) is 5.41 Å². The third-order valence-electron chi connectivity index (χ3n) is 6.31. The van der Waals surface area contributed by atoms with Gasteiger partial charge >= 0.3 is 0 Å². The number of hydrogen-bond acceptors (Lipinski definition) is 5. The van der Waals surface area contributed by atoms with E-state index in [-0.39, 0.29) is 23.4 Å². The van der Waals surface area contributed by atoms with Crippen LogP contribution in [-0.2, 0) is 10.0 Å². The topological polar surface area (TPSA) is 79.8 Å². The summed E-state index contributed by atoms with van der Waals surface area (Å²) in [6.07, 6.45) is 3.26. The van der Waals surface area contributed by atoms with Crippen LogP contribution in [0.15, 0.2) is 53.6 Å². The van der Waals surface area contributed by atoms with E-state index >= 15 is 0 Å². The highest BCUT2D eigenvalue weighted by atomic mass is 32.2. The molecule has 2 fully saturated rings. The number of benzene rings is 1. The Morgan fingerprint density at radius 3 is 2.55 bits per heavy atom. The van der Waals surface area contributed by atoms with Crippen molar-refractivity contribution in [2.45, 2.75) is 36.7 Å². The molecule has 1 aromatic carbocycles. The van der Waals surface area contributed by atoms with Gasteiger partial charge in [0.15, 0.2) is 0 Å². The lowest BCUT2D eigenvalue weighted by atomic mass is 9.61. The summed E-state index contributed by atoms with van der Waals surface area (Å²) in [6.45, 7) is 3.44. The van der Waals surface area contributed by atoms with E-state index in [0.717, 1.165) is 12.8 Å². The van der Waals surface area contributed by atoms with E-state index < -0.39 is 10.0 Å². The minimum Gasteiger partial charge on any atom is -0.475 e. The van der Waals surface area contributed by atoms with Crippen molar-refractivity contribution in [3.8, 4) is 5.88 Å². The summed E-state index contributed by atoms with van der Waals surface area (Å²) in [7, 11) is -3.43. The summed E-state index contributed by atoms with van der Waals surface area (Å²) in [5.74, 6) is 0.343. The fourth-order valence-electron chi connectivity index (χ4n) is 4.82. The Labute approximate surface area is 170 Å². The number of carbonyl (C=O) groups is 1. The van der Waals surface area contributed by atoms with Crippen LogP contribution in [0.3, 0.4) is 0 Å². The Morgan fingerprint density at radius 2 is 1.83 bits per heavy atom. The van der Waals surface area contributed by atoms with Gasteiger partial charge in [-0.15, -0.1) is 0 Å². The second kappa shape index (κ2) is 6.53. The van der Waals surface area contributed by atoms with Gasteiger partial charge < -0.3 is 9.64 Å². The van der Waals surface area contributed by atoms with Crippen molar-refractivity contribution in [2.75, 3.05) is 19.7 Å². The molecule has 8 heteroatoms. The number of carbonyl (C=O) groups excluding carboxylic acids is 1. The van der Waals surface area contributed by atoms with Crippen molar-refractivity contribution in [1.82, 2.24) is 14.2 Å². The van der Waals surface area contributed by atoms with Crippen LogP contribution >= 0.6 is 0 Å². The highest BCUT2D eigenvalue weighted by Gasteiger charge is 2.58. The largest absolute Gasteiger partial charge is 0.475 e. The second-order valence-corrected chi connectivity index (χ2v) is 10.3. The number of sulfonamides is 1. The van der Waals surface area contributed by atoms with E-state index in [4.69, 9.17) is 4.74 Å². The minimum atomic E-state index is -3.43. The minimum absolute atomic E-state index is 0.0164. The first kappa shape index (κ1) is 18.6. The maximum atomic E-state index is 13.1. The van der Waals surface area contributed by atoms with Gasteiger partial charge in [-0.25, -0.2) is 13.4 Å². The molecular formula is C21H23N3O4S. The van der Waals surface area contributed by atoms with Crippen LogP contribution in [0.5, 0.6) is 5.88 Å². The van der Waals surface area contributed by atoms with Gasteiger partial charge in [0.1, 0.15) is 12.2 Å². The zero-order valence-corrected chi connectivity index (χ0v) is 17.0. The van der Waals surface area contributed by atoms with E-state index in [2.05, 4.69) is 4.98 Å². The monoisotopic (exact) mass is 413 g/mol. The number of fused-ring (bicyclic) bond motifs is 1. The molecule has 1 atom stereocenters. The van der Waals surface area contributed by atoms with Gasteiger partial charge in [0.2, 0.25) is 15.9 Å². The third-order valence-corrected chi connectivity index (χ3v) is 8.11. The van der Waals surface area contributed by atoms with Gasteiger partial charge in [0.05, 0.1) is 10.9 Å². The molecule has 2 aromatic rings. The lowest BCUT2D eigenvalue weighted by Crippen LogP contribution is -2.68. The maximum Gasteiger partial charge on any atom is 0.259 e. The van der Waals surface area contributed by atoms with E-state index in [1.165, 1.54) is 0 Å². The number of aromatic nitrogens is 1. The molecule has 1 aliphatic carbocycles. The predicted molar refractivity (Wildman–Crippen MR) is 106 cm³/mol. The summed E-state index contributed by atoms with van der Waals surface area (Å²) in [5, 5.41) is 0. The van der Waals surface area contributed by atoms with Gasteiger partial charge in [0, 0.05) is 30.7 Å². The van der Waals surface area contributed by atoms with Crippen LogP contribution in [0, 0.1) is 5.41 Å². The highest BCUT2D eigenvalue weighted by Crippen LogP contribution is 2.52. The second-order valence-electron chi connectivity index (χ2n) is 8.38. The molecule has 7 nitrogen and oxygen atoms in total. The van der Waals surface area contributed by atoms with Crippen LogP contribution in [0.4, 0.5) is 0 Å². The first-order valence-corrected chi connectivity index (χ1v) is 11.3. The van der Waals surface area contributed by atoms with Crippen molar-refractivity contribution >= 4 is 15.9 Å². The van der Waals surface area contributed by atoms with E-state index in [9.17, 15) is 13.2 Å². The summed E-state index contributed by atoms with van der Waals surface area (Å²) in [5.41, 5.74) is 0.483. The first-order valence-electron chi connectivity index (χ1n) is 9.85. The quantitative estimate of drug-likeness (QED) is 0.770. The molecule has 0 N–H and O–H groups in total. The molecule has 1 amide bonds. The number of hydrogen-bond donors (Lipinski definition) is 0. The van der Waals surface area contributed by atoms with Crippen LogP contribution in [-0.4, -0.2) is 60.3 Å². The third kappa shape index (κ3) is 2.93. The summed E-state index contributed by atoms with van der Waals surface area (Å²) in [6, 6.07) is 12.1. The lowest BCUT2D eigenvalue weighted by molar-refractivity contribution is -0.0755. The normalized spacial score (nSPS) is 24.2. The molecule has 29 heavy (non-hydrogen) atoms. The first-order chi connectivity index (χ1) is 13.9. The molecule has 3 aliphatic rings. The van der Waals surface area contributed by atoms with Crippen LogP contribution < -0.4 is 4.74 Å². The average molecular weight is 413 g/mol. The summed E-state index contributed by atoms with van der Waals surface area (Å²) < 4.78 is 32.8. The number of pyridine rings is 1. The zero-order valence-electron chi connectivity index (χ0n) is 16.2. The maximum absolute atomic E-state index is 13.1. The number of rotatable bonds is 3. The van der Waals surface area contributed by atoms with Gasteiger partial charge in [-0.2, -0.15) is 4.31 Å². The molecule has 5 rings (SSSR count). The number of amides is 1. The number of ether oxygens (including phenoxy) is 1. The number of nitrogens with zero attached hydrogens (tertiary/aromatic N) is 3. The molecule has 1 saturated carbocycles. The molecule has 1 spiro atoms. The Kier molecular flexibility index (Phi) is 4.18. The summed E-state index contributed by atoms with van der Waals surface area (Å²) in [4.78, 5) is 19.5. The predicted octanol–water partition coefficient (Wildman–Crippen LogP) is 2.16. The fraction of sp³-hybridized carbons (Fsp3) is 0.429. The SMILES string of the molecule is CC1COc2ncccc2C(=O)N1C1CC2(C1)CN(S(=O)(=O)c1ccccc1)C2. The molecule has 0 bridgehead atoms. The molecule has 152 valence electrons. The van der Waals surface area contributed by atoms with Crippen molar-refractivity contribution in [1.29, 1.82) is 0 Å². The van der Waals surface area contributed by atoms with E-state index in [0.29, 0.717) is 36.0 Å². The van der Waals surface area contributed by atoms with Crippen molar-refractivity contribution in [3.63, 3.8) is 0 Å². The van der Waals surface area contributed by atoms with Gasteiger partial charge in [0.25, 0.3) is 5.91 Å². The zero-order chi connectivity index (χ0) is 20.2. The van der Waals surface area contributed by atoms with E-state index in [1.807, 2.05) is 17.9 Å². The Hall–Kier alpha value is -2.45. The van der Waals surface area contributed by atoms with Gasteiger partial charge in [-0.1, -0.05) is 18.2 Å². The van der Waals surface area contributed by atoms with Crippen LogP contribution in [0.2, 0.25) is 0 Å². The highest BCUT2D eigenvalue weighted by molar-refractivity contribution is 7.89. The smallest absolute Gasteiger partial charge is 0.259 e. The van der Waals surface area contributed by atoms with E-state index in [1.54, 1.807) is 46.9 Å². The molecule has 1 saturated heterocycles. The standard InChI is InChI=1S/C21H23N3O4S/c1-15-12-28-19-18(8-5-9-22-19)20(25)24(15)16-10-21(11-16)13-23(14-21)29(26,27)17-6-3-2-4-7-17/h2-9,15-16H,10-14H2,1H3. The van der Waals surface area contributed by atoms with Crippen LogP contribution in [0.1, 0.15) is 30.1 Å².